The summed E-state index contributed by atoms with van der Waals surface area (Å²) in [5, 5.41) is 19.6. The molecule has 33 heavy (non-hydrogen) atoms. The molecule has 16 heteroatoms. The number of rotatable bonds is 8. The van der Waals surface area contributed by atoms with Gasteiger partial charge < -0.3 is 26.7 Å². The standard InChI is InChI=1S/C17H21N11O3S2/c18-6-8(7-19)26-33(30,31)12-5-4-9(10-2-1-3-11-14(10)23-17(20)22-11)13(15(12)32(21)29)16-24-27-28-25-16/h1-5,8,26H,6-7,18-19,21H2,(H3,20,22,23)(H,24,25,27,28). The van der Waals surface area contributed by atoms with Crippen LogP contribution in [0.2, 0.25) is 0 Å². The molecule has 0 aliphatic carbocycles. The summed E-state index contributed by atoms with van der Waals surface area (Å²) in [5.74, 6) is 0.185. The lowest BCUT2D eigenvalue weighted by molar-refractivity contribution is 0.548. The maximum Gasteiger partial charge on any atom is 0.246 e. The number of nitrogens with zero attached hydrogens (tertiary/aromatic N) is 4. The Balaban J connectivity index is 2.03. The highest BCUT2D eigenvalue weighted by Gasteiger charge is 2.34. The van der Waals surface area contributed by atoms with Gasteiger partial charge in [-0.15, -0.1) is 15.3 Å². The topological polar surface area (TPSA) is 256 Å². The van der Waals surface area contributed by atoms with Crippen molar-refractivity contribution < 1.29 is 13.0 Å². The summed E-state index contributed by atoms with van der Waals surface area (Å²) in [6.45, 7) is -0.0652. The van der Waals surface area contributed by atoms with Crippen LogP contribution in [0.15, 0.2) is 40.1 Å². The molecule has 2 aromatic heterocycles. The van der Waals surface area contributed by atoms with Crippen LogP contribution in [0.4, 0.5) is 5.95 Å². The number of nitrogens with two attached hydrogens (primary N) is 4. The van der Waals surface area contributed by atoms with Crippen LogP contribution in [0.3, 0.4) is 0 Å². The maximum absolute atomic E-state index is 13.2. The van der Waals surface area contributed by atoms with Crippen molar-refractivity contribution in [1.29, 1.82) is 0 Å². The number of sulfonamides is 1. The van der Waals surface area contributed by atoms with E-state index in [1.807, 2.05) is 0 Å². The SMILES string of the molecule is NCC(CN)NS(=O)(=O)c1ccc(-c2cccc3[nH]c(N)nc23)c(-c2nn[nH]n2)c1[S+](N)[O-]. The van der Waals surface area contributed by atoms with Gasteiger partial charge in [-0.3, -0.25) is 0 Å². The lowest BCUT2D eigenvalue weighted by Crippen LogP contribution is -2.45. The zero-order valence-electron chi connectivity index (χ0n) is 17.0. The highest BCUT2D eigenvalue weighted by Crippen LogP contribution is 2.40. The molecule has 1 atom stereocenters. The van der Waals surface area contributed by atoms with Crippen molar-refractivity contribution >= 4 is 38.4 Å². The van der Waals surface area contributed by atoms with E-state index in [0.29, 0.717) is 22.2 Å². The molecule has 0 spiro atoms. The summed E-state index contributed by atoms with van der Waals surface area (Å²) in [6, 6.07) is 7.36. The molecule has 0 bridgehead atoms. The third-order valence-corrected chi connectivity index (χ3v) is 7.41. The summed E-state index contributed by atoms with van der Waals surface area (Å²) in [4.78, 5) is 6.70. The lowest BCUT2D eigenvalue weighted by atomic mass is 9.98. The van der Waals surface area contributed by atoms with Crippen LogP contribution in [0.25, 0.3) is 33.5 Å². The van der Waals surface area contributed by atoms with Crippen molar-refractivity contribution in [3.8, 4) is 22.5 Å². The molecule has 14 nitrogen and oxygen atoms in total. The Hall–Kier alpha value is -3.12. The van der Waals surface area contributed by atoms with Crippen molar-refractivity contribution in [2.24, 2.45) is 16.6 Å². The Bertz CT molecular complexity index is 1380. The summed E-state index contributed by atoms with van der Waals surface area (Å²) in [7, 11) is -4.22. The van der Waals surface area contributed by atoms with Gasteiger partial charge in [0, 0.05) is 30.3 Å². The predicted octanol–water partition coefficient (Wildman–Crippen LogP) is -1.46. The molecule has 4 aromatic rings. The minimum absolute atomic E-state index is 0.00874. The fraction of sp³-hybridized carbons (Fsp3) is 0.176. The summed E-state index contributed by atoms with van der Waals surface area (Å²) >= 11 is -2.27. The largest absolute Gasteiger partial charge is 0.593 e. The quantitative estimate of drug-likeness (QED) is 0.140. The van der Waals surface area contributed by atoms with Gasteiger partial charge in [0.15, 0.2) is 5.95 Å². The van der Waals surface area contributed by atoms with Gasteiger partial charge in [0.2, 0.25) is 20.7 Å². The third-order valence-electron chi connectivity index (χ3n) is 4.89. The maximum atomic E-state index is 13.2. The third kappa shape index (κ3) is 4.27. The summed E-state index contributed by atoms with van der Waals surface area (Å²) in [6.07, 6.45) is 0. The lowest BCUT2D eigenvalue weighted by Gasteiger charge is -2.19. The van der Waals surface area contributed by atoms with Gasteiger partial charge in [0.1, 0.15) is 4.90 Å². The van der Waals surface area contributed by atoms with Crippen molar-refractivity contribution in [2.45, 2.75) is 15.8 Å². The van der Waals surface area contributed by atoms with Gasteiger partial charge in [0.05, 0.1) is 28.0 Å². The first-order valence-electron chi connectivity index (χ1n) is 9.50. The summed E-state index contributed by atoms with van der Waals surface area (Å²) in [5.41, 5.74) is 19.2. The predicted molar refractivity (Wildman–Crippen MR) is 122 cm³/mol. The van der Waals surface area contributed by atoms with Crippen LogP contribution in [0, 0.1) is 0 Å². The smallest absolute Gasteiger partial charge is 0.246 e. The highest BCUT2D eigenvalue weighted by molar-refractivity contribution is 7.92. The van der Waals surface area contributed by atoms with E-state index in [1.54, 1.807) is 18.2 Å². The molecule has 0 saturated heterocycles. The minimum atomic E-state index is -4.22. The van der Waals surface area contributed by atoms with Gasteiger partial charge in [-0.1, -0.05) is 18.2 Å². The van der Waals surface area contributed by atoms with Crippen molar-refractivity contribution in [1.82, 2.24) is 35.3 Å². The molecular weight excluding hydrogens is 470 g/mol. The zero-order valence-corrected chi connectivity index (χ0v) is 18.7. The monoisotopic (exact) mass is 491 g/mol. The van der Waals surface area contributed by atoms with E-state index in [-0.39, 0.29) is 40.2 Å². The molecule has 2 heterocycles. The van der Waals surface area contributed by atoms with Gasteiger partial charge >= 0.3 is 0 Å². The molecule has 2 aromatic carbocycles. The number of tetrazole rings is 1. The van der Waals surface area contributed by atoms with Crippen LogP contribution in [-0.2, 0) is 21.4 Å². The molecule has 0 amide bonds. The molecule has 0 aliphatic heterocycles. The second-order valence-corrected chi connectivity index (χ2v) is 9.65. The Morgan fingerprint density at radius 3 is 2.55 bits per heavy atom. The van der Waals surface area contributed by atoms with Crippen molar-refractivity contribution in [3.63, 3.8) is 0 Å². The number of benzene rings is 2. The minimum Gasteiger partial charge on any atom is -0.593 e. The van der Waals surface area contributed by atoms with Crippen LogP contribution in [-0.4, -0.2) is 62.7 Å². The average Bonchev–Trinajstić information content (AvgIpc) is 3.45. The number of nitrogens with one attached hydrogen (secondary N) is 3. The molecule has 0 fully saturated rings. The second kappa shape index (κ2) is 9.02. The van der Waals surface area contributed by atoms with Gasteiger partial charge in [-0.25, -0.2) is 18.1 Å². The van der Waals surface area contributed by atoms with Gasteiger partial charge in [-0.05, 0) is 17.3 Å². The molecule has 4 rings (SSSR count). The van der Waals surface area contributed by atoms with Crippen LogP contribution >= 0.6 is 0 Å². The number of para-hydroxylation sites is 1. The average molecular weight is 492 g/mol. The van der Waals surface area contributed by atoms with E-state index in [4.69, 9.17) is 22.3 Å². The Kier molecular flexibility index (Phi) is 6.30. The fourth-order valence-corrected chi connectivity index (χ4v) is 6.03. The van der Waals surface area contributed by atoms with Crippen molar-refractivity contribution in [2.75, 3.05) is 18.8 Å². The van der Waals surface area contributed by atoms with E-state index in [1.165, 1.54) is 12.1 Å². The fourth-order valence-electron chi connectivity index (χ4n) is 3.43. The van der Waals surface area contributed by atoms with Crippen LogP contribution in [0.5, 0.6) is 0 Å². The zero-order chi connectivity index (χ0) is 23.8. The van der Waals surface area contributed by atoms with E-state index >= 15 is 0 Å². The van der Waals surface area contributed by atoms with Gasteiger partial charge in [0.25, 0.3) is 0 Å². The number of anilines is 1. The van der Waals surface area contributed by atoms with Crippen molar-refractivity contribution in [3.05, 3.63) is 30.3 Å². The molecule has 0 saturated carbocycles. The number of fused-ring (bicyclic) bond motifs is 1. The first-order chi connectivity index (χ1) is 15.8. The Morgan fingerprint density at radius 2 is 1.91 bits per heavy atom. The molecule has 0 radical (unpaired) electrons. The normalized spacial score (nSPS) is 13.1. The molecule has 0 aliphatic rings. The molecule has 11 N–H and O–H groups in total. The van der Waals surface area contributed by atoms with Crippen LogP contribution in [0.1, 0.15) is 0 Å². The molecule has 174 valence electrons. The Labute approximate surface area is 190 Å². The van der Waals surface area contributed by atoms with E-state index in [2.05, 4.69) is 35.3 Å². The number of hydrogen-bond acceptors (Lipinski definition) is 11. The number of nitrogen functional groups attached to an aromatic ring is 1. The molecule has 1 unspecified atom stereocenters. The number of aromatic nitrogens is 6. The number of hydrogen-bond donors (Lipinski definition) is 7. The van der Waals surface area contributed by atoms with E-state index < -0.39 is 27.4 Å². The second-order valence-electron chi connectivity index (χ2n) is 6.96. The first kappa shape index (κ1) is 23.1. The first-order valence-corrected chi connectivity index (χ1v) is 12.2. The number of aromatic amines is 2. The highest BCUT2D eigenvalue weighted by atomic mass is 32.2. The number of imidazole rings is 1. The molecular formula is C17H21N11O3S2. The van der Waals surface area contributed by atoms with E-state index in [9.17, 15) is 13.0 Å². The van der Waals surface area contributed by atoms with Crippen LogP contribution < -0.4 is 27.1 Å². The van der Waals surface area contributed by atoms with Gasteiger partial charge in [-0.2, -0.15) is 5.21 Å². The van der Waals surface area contributed by atoms with E-state index in [0.717, 1.165) is 0 Å². The Morgan fingerprint density at radius 1 is 1.15 bits per heavy atom. The number of H-pyrrole nitrogens is 2. The summed E-state index contributed by atoms with van der Waals surface area (Å²) < 4.78 is 41.4.